The van der Waals surface area contributed by atoms with Gasteiger partial charge in [0.25, 0.3) is 0 Å². The van der Waals surface area contributed by atoms with Crippen molar-refractivity contribution in [3.05, 3.63) is 34.9 Å². The molecule has 1 aromatic carbocycles. The van der Waals surface area contributed by atoms with Crippen LogP contribution in [0.3, 0.4) is 0 Å². The van der Waals surface area contributed by atoms with E-state index in [9.17, 15) is 9.59 Å². The zero-order valence-corrected chi connectivity index (χ0v) is 17.7. The average molecular weight is 434 g/mol. The third-order valence-electron chi connectivity index (χ3n) is 5.40. The summed E-state index contributed by atoms with van der Waals surface area (Å²) in [6.45, 7) is 2.82. The van der Waals surface area contributed by atoms with Gasteiger partial charge in [-0.3, -0.25) is 14.5 Å². The Morgan fingerprint density at radius 1 is 1.17 bits per heavy atom. The van der Waals surface area contributed by atoms with Gasteiger partial charge in [0.05, 0.1) is 5.92 Å². The maximum absolute atomic E-state index is 12.6. The minimum absolute atomic E-state index is 0.0604. The van der Waals surface area contributed by atoms with Gasteiger partial charge in [-0.05, 0) is 43.4 Å². The van der Waals surface area contributed by atoms with Crippen LogP contribution >= 0.6 is 22.9 Å². The monoisotopic (exact) mass is 433 g/mol. The van der Waals surface area contributed by atoms with Crippen LogP contribution in [0.1, 0.15) is 31.2 Å². The normalized spacial score (nSPS) is 19.6. The van der Waals surface area contributed by atoms with Gasteiger partial charge in [-0.1, -0.05) is 35.1 Å². The van der Waals surface area contributed by atoms with Crippen LogP contribution in [0.5, 0.6) is 0 Å². The first-order chi connectivity index (χ1) is 14.1. The van der Waals surface area contributed by atoms with Crippen LogP contribution in [0.15, 0.2) is 24.3 Å². The van der Waals surface area contributed by atoms with Gasteiger partial charge in [0.15, 0.2) is 0 Å². The Morgan fingerprint density at radius 2 is 1.97 bits per heavy atom. The minimum Gasteiger partial charge on any atom is -0.355 e. The van der Waals surface area contributed by atoms with Gasteiger partial charge in [-0.15, -0.1) is 10.2 Å². The summed E-state index contributed by atoms with van der Waals surface area (Å²) in [6, 6.07) is 7.69. The van der Waals surface area contributed by atoms with Crippen molar-refractivity contribution >= 4 is 45.0 Å². The van der Waals surface area contributed by atoms with E-state index >= 15 is 0 Å². The van der Waals surface area contributed by atoms with Crippen molar-refractivity contribution in [1.29, 1.82) is 0 Å². The summed E-state index contributed by atoms with van der Waals surface area (Å²) >= 11 is 7.34. The van der Waals surface area contributed by atoms with E-state index in [1.165, 1.54) is 11.3 Å². The second-order valence-electron chi connectivity index (χ2n) is 7.47. The Labute approximate surface area is 179 Å². The van der Waals surface area contributed by atoms with Gasteiger partial charge < -0.3 is 10.2 Å². The van der Waals surface area contributed by atoms with E-state index < -0.39 is 0 Å². The summed E-state index contributed by atoms with van der Waals surface area (Å²) in [6.07, 6.45) is 4.04. The van der Waals surface area contributed by atoms with E-state index in [-0.39, 0.29) is 17.7 Å². The summed E-state index contributed by atoms with van der Waals surface area (Å²) < 4.78 is 0. The zero-order chi connectivity index (χ0) is 20.2. The fraction of sp³-hybridized carbons (Fsp3) is 0.500. The second-order valence-corrected chi connectivity index (χ2v) is 8.84. The molecular weight excluding hydrogens is 410 g/mol. The van der Waals surface area contributed by atoms with Gasteiger partial charge >= 0.3 is 0 Å². The Hall–Kier alpha value is -2.19. The quantitative estimate of drug-likeness (QED) is 0.757. The number of benzene rings is 1. The first-order valence-electron chi connectivity index (χ1n) is 10.0. The molecule has 0 bridgehead atoms. The second kappa shape index (κ2) is 9.09. The van der Waals surface area contributed by atoms with Crippen molar-refractivity contribution in [2.75, 3.05) is 36.0 Å². The number of aromatic nitrogens is 2. The topological polar surface area (TPSA) is 78.4 Å². The fourth-order valence-electron chi connectivity index (χ4n) is 3.79. The maximum Gasteiger partial charge on any atom is 0.228 e. The third-order valence-corrected chi connectivity index (χ3v) is 6.66. The first kappa shape index (κ1) is 20.1. The third kappa shape index (κ3) is 4.87. The molecule has 7 nitrogen and oxygen atoms in total. The zero-order valence-electron chi connectivity index (χ0n) is 16.1. The van der Waals surface area contributed by atoms with Crippen molar-refractivity contribution in [3.63, 3.8) is 0 Å². The van der Waals surface area contributed by atoms with E-state index in [0.29, 0.717) is 36.2 Å². The Balaban J connectivity index is 1.29. The molecule has 0 radical (unpaired) electrons. The van der Waals surface area contributed by atoms with E-state index in [1.54, 1.807) is 4.90 Å². The predicted octanol–water partition coefficient (Wildman–Crippen LogP) is 2.89. The SMILES string of the molecule is O=C(NCCc1ccc(Cl)cc1)[C@H]1CCCN(c2nnc(N3CCCC3=O)s2)C1. The molecule has 9 heteroatoms. The molecule has 0 unspecified atom stereocenters. The van der Waals surface area contributed by atoms with Crippen molar-refractivity contribution in [2.24, 2.45) is 5.92 Å². The molecule has 3 heterocycles. The van der Waals surface area contributed by atoms with Crippen LogP contribution in [0.2, 0.25) is 5.02 Å². The number of rotatable bonds is 6. The van der Waals surface area contributed by atoms with Crippen LogP contribution < -0.4 is 15.1 Å². The molecule has 0 aliphatic carbocycles. The van der Waals surface area contributed by atoms with E-state index in [0.717, 1.165) is 42.9 Å². The number of carbonyl (C=O) groups is 2. The summed E-state index contributed by atoms with van der Waals surface area (Å²) in [5.74, 6) is 0.141. The number of hydrogen-bond acceptors (Lipinski definition) is 6. The lowest BCUT2D eigenvalue weighted by Crippen LogP contribution is -2.43. The highest BCUT2D eigenvalue weighted by atomic mass is 35.5. The van der Waals surface area contributed by atoms with Gasteiger partial charge in [-0.2, -0.15) is 0 Å². The summed E-state index contributed by atoms with van der Waals surface area (Å²) in [5.41, 5.74) is 1.15. The van der Waals surface area contributed by atoms with Crippen LogP contribution in [0, 0.1) is 5.92 Å². The number of piperidine rings is 1. The predicted molar refractivity (Wildman–Crippen MR) is 115 cm³/mol. The molecule has 4 rings (SSSR count). The van der Waals surface area contributed by atoms with E-state index in [1.807, 2.05) is 24.3 Å². The molecule has 1 N–H and O–H groups in total. The number of carbonyl (C=O) groups excluding carboxylic acids is 2. The molecule has 2 fully saturated rings. The van der Waals surface area contributed by atoms with Crippen molar-refractivity contribution < 1.29 is 9.59 Å². The standard InChI is InChI=1S/C20H24ClN5O2S/c21-16-7-5-14(6-8-16)9-10-22-18(28)15-3-1-11-25(13-15)19-23-24-20(29-19)26-12-2-4-17(26)27/h5-8,15H,1-4,9-13H2,(H,22,28)/t15-/m0/s1. The molecule has 2 saturated heterocycles. The molecule has 2 aromatic rings. The Kier molecular flexibility index (Phi) is 6.30. The van der Waals surface area contributed by atoms with Crippen LogP contribution in [0.25, 0.3) is 0 Å². The van der Waals surface area contributed by atoms with Gasteiger partial charge in [0.2, 0.25) is 22.1 Å². The molecule has 29 heavy (non-hydrogen) atoms. The van der Waals surface area contributed by atoms with E-state index in [4.69, 9.17) is 11.6 Å². The maximum atomic E-state index is 12.6. The van der Waals surface area contributed by atoms with Gasteiger partial charge in [0, 0.05) is 37.6 Å². The molecule has 2 aliphatic rings. The lowest BCUT2D eigenvalue weighted by Gasteiger charge is -2.31. The van der Waals surface area contributed by atoms with Gasteiger partial charge in [0.1, 0.15) is 0 Å². The van der Waals surface area contributed by atoms with E-state index in [2.05, 4.69) is 20.4 Å². The largest absolute Gasteiger partial charge is 0.355 e. The van der Waals surface area contributed by atoms with Crippen LogP contribution in [-0.4, -0.2) is 48.2 Å². The molecule has 2 aliphatic heterocycles. The first-order valence-corrected chi connectivity index (χ1v) is 11.2. The lowest BCUT2D eigenvalue weighted by molar-refractivity contribution is -0.125. The number of amides is 2. The summed E-state index contributed by atoms with van der Waals surface area (Å²) in [5, 5.41) is 13.7. The summed E-state index contributed by atoms with van der Waals surface area (Å²) in [7, 11) is 0. The highest BCUT2D eigenvalue weighted by molar-refractivity contribution is 7.19. The number of nitrogens with one attached hydrogen (secondary N) is 1. The van der Waals surface area contributed by atoms with Crippen LogP contribution in [-0.2, 0) is 16.0 Å². The Morgan fingerprint density at radius 3 is 2.72 bits per heavy atom. The highest BCUT2D eigenvalue weighted by Crippen LogP contribution is 2.32. The highest BCUT2D eigenvalue weighted by Gasteiger charge is 2.29. The number of halogens is 1. The van der Waals surface area contributed by atoms with Crippen molar-refractivity contribution in [3.8, 4) is 0 Å². The fourth-order valence-corrected chi connectivity index (χ4v) is 4.84. The van der Waals surface area contributed by atoms with Crippen molar-refractivity contribution in [2.45, 2.75) is 32.1 Å². The lowest BCUT2D eigenvalue weighted by atomic mass is 9.97. The number of nitrogens with zero attached hydrogens (tertiary/aromatic N) is 4. The summed E-state index contributed by atoms with van der Waals surface area (Å²) in [4.78, 5) is 28.4. The molecule has 0 spiro atoms. The molecule has 1 aromatic heterocycles. The molecular formula is C20H24ClN5O2S. The minimum atomic E-state index is -0.0604. The molecule has 2 amide bonds. The van der Waals surface area contributed by atoms with Crippen molar-refractivity contribution in [1.82, 2.24) is 15.5 Å². The smallest absolute Gasteiger partial charge is 0.228 e. The molecule has 1 atom stereocenters. The Bertz CT molecular complexity index is 872. The number of hydrogen-bond donors (Lipinski definition) is 1. The van der Waals surface area contributed by atoms with Crippen LogP contribution in [0.4, 0.5) is 10.3 Å². The molecule has 0 saturated carbocycles. The molecule has 154 valence electrons. The number of anilines is 2. The average Bonchev–Trinajstić information content (AvgIpc) is 3.38. The van der Waals surface area contributed by atoms with Gasteiger partial charge in [-0.25, -0.2) is 0 Å².